The molecule has 2 rings (SSSR count). The Hall–Kier alpha value is -2.18. The number of hydrogen-bond donors (Lipinski definition) is 2. The smallest absolute Gasteiger partial charge is 0.340 e. The van der Waals surface area contributed by atoms with Crippen LogP contribution in [0.4, 0.5) is 0 Å². The van der Waals surface area contributed by atoms with E-state index in [1.807, 2.05) is 24.3 Å². The average molecular weight is 452 g/mol. The SMILES string of the molecule is COCC#CCC(N)(C(=O)O)S(=O)(=O)c1ccc(-c2ccc(Br)cc2)cc1. The van der Waals surface area contributed by atoms with E-state index >= 15 is 0 Å². The van der Waals surface area contributed by atoms with Crippen LogP contribution in [-0.4, -0.2) is 38.1 Å². The van der Waals surface area contributed by atoms with Crippen molar-refractivity contribution in [2.75, 3.05) is 13.7 Å². The van der Waals surface area contributed by atoms with Gasteiger partial charge in [0.1, 0.15) is 6.61 Å². The molecule has 0 aliphatic carbocycles. The third kappa shape index (κ3) is 4.57. The molecule has 1 atom stereocenters. The first-order chi connectivity index (χ1) is 12.7. The molecule has 0 aliphatic rings. The van der Waals surface area contributed by atoms with Crippen molar-refractivity contribution in [1.82, 2.24) is 0 Å². The lowest BCUT2D eigenvalue weighted by molar-refractivity contribution is -0.139. The molecule has 8 heteroatoms. The van der Waals surface area contributed by atoms with Crippen molar-refractivity contribution in [3.8, 4) is 23.0 Å². The Labute approximate surface area is 166 Å². The highest BCUT2D eigenvalue weighted by Crippen LogP contribution is 2.28. The number of methoxy groups -OCH3 is 1. The zero-order chi connectivity index (χ0) is 20.1. The van der Waals surface area contributed by atoms with Gasteiger partial charge in [0.25, 0.3) is 0 Å². The van der Waals surface area contributed by atoms with Crippen LogP contribution in [0.3, 0.4) is 0 Å². The molecule has 0 radical (unpaired) electrons. The lowest BCUT2D eigenvalue weighted by atomic mass is 10.1. The Kier molecular flexibility index (Phi) is 6.78. The summed E-state index contributed by atoms with van der Waals surface area (Å²) in [6.07, 6.45) is -0.553. The molecular weight excluding hydrogens is 434 g/mol. The number of nitrogens with two attached hydrogens (primary N) is 1. The van der Waals surface area contributed by atoms with Crippen molar-refractivity contribution in [1.29, 1.82) is 0 Å². The van der Waals surface area contributed by atoms with Crippen molar-refractivity contribution in [3.63, 3.8) is 0 Å². The third-order valence-corrected chi connectivity index (χ3v) is 6.58. The zero-order valence-electron chi connectivity index (χ0n) is 14.5. The van der Waals surface area contributed by atoms with Crippen LogP contribution in [-0.2, 0) is 19.4 Å². The van der Waals surface area contributed by atoms with Gasteiger partial charge in [0.2, 0.25) is 14.7 Å². The summed E-state index contributed by atoms with van der Waals surface area (Å²) in [5, 5.41) is 9.44. The van der Waals surface area contributed by atoms with E-state index in [2.05, 4.69) is 27.8 Å². The molecule has 0 fully saturated rings. The Morgan fingerprint density at radius 3 is 2.11 bits per heavy atom. The molecule has 27 heavy (non-hydrogen) atoms. The lowest BCUT2D eigenvalue weighted by Gasteiger charge is -2.22. The molecule has 2 aromatic rings. The van der Waals surface area contributed by atoms with Crippen LogP contribution in [0.1, 0.15) is 6.42 Å². The largest absolute Gasteiger partial charge is 0.479 e. The van der Waals surface area contributed by atoms with Gasteiger partial charge in [0.15, 0.2) is 0 Å². The van der Waals surface area contributed by atoms with Crippen molar-refractivity contribution in [3.05, 3.63) is 53.0 Å². The highest BCUT2D eigenvalue weighted by molar-refractivity contribution is 9.10. The summed E-state index contributed by atoms with van der Waals surface area (Å²) < 4.78 is 31.3. The van der Waals surface area contributed by atoms with Gasteiger partial charge in [0.05, 0.1) is 11.3 Å². The van der Waals surface area contributed by atoms with Gasteiger partial charge >= 0.3 is 5.97 Å². The van der Waals surface area contributed by atoms with Crippen LogP contribution >= 0.6 is 15.9 Å². The minimum absolute atomic E-state index is 0.0532. The Balaban J connectivity index is 2.37. The molecule has 0 amide bonds. The number of aliphatic carboxylic acids is 1. The maximum Gasteiger partial charge on any atom is 0.340 e. The Morgan fingerprint density at radius 1 is 1.11 bits per heavy atom. The maximum atomic E-state index is 12.8. The maximum absolute atomic E-state index is 12.8. The molecular formula is C19H18BrNO5S. The topological polar surface area (TPSA) is 107 Å². The molecule has 0 spiro atoms. The van der Waals surface area contributed by atoms with Gasteiger partial charge < -0.3 is 15.6 Å². The molecule has 0 aromatic heterocycles. The van der Waals surface area contributed by atoms with Crippen molar-refractivity contribution in [2.24, 2.45) is 5.73 Å². The van der Waals surface area contributed by atoms with E-state index in [0.29, 0.717) is 0 Å². The van der Waals surface area contributed by atoms with E-state index in [9.17, 15) is 18.3 Å². The second kappa shape index (κ2) is 8.67. The van der Waals surface area contributed by atoms with Gasteiger partial charge in [-0.3, -0.25) is 0 Å². The first-order valence-electron chi connectivity index (χ1n) is 7.80. The van der Waals surface area contributed by atoms with E-state index in [0.717, 1.165) is 15.6 Å². The molecule has 0 saturated carbocycles. The van der Waals surface area contributed by atoms with Gasteiger partial charge in [-0.05, 0) is 35.4 Å². The minimum atomic E-state index is -4.37. The van der Waals surface area contributed by atoms with Gasteiger partial charge in [0, 0.05) is 11.6 Å². The number of rotatable bonds is 6. The number of hydrogen-bond acceptors (Lipinski definition) is 5. The fraction of sp³-hybridized carbons (Fsp3) is 0.211. The van der Waals surface area contributed by atoms with Crippen molar-refractivity contribution >= 4 is 31.7 Å². The number of carboxylic acid groups (broad SMARTS) is 1. The average Bonchev–Trinajstić information content (AvgIpc) is 2.65. The molecule has 142 valence electrons. The van der Waals surface area contributed by atoms with E-state index < -0.39 is 27.1 Å². The minimum Gasteiger partial charge on any atom is -0.479 e. The zero-order valence-corrected chi connectivity index (χ0v) is 16.9. The number of carbonyl (C=O) groups is 1. The molecule has 0 heterocycles. The van der Waals surface area contributed by atoms with Crippen LogP contribution < -0.4 is 5.73 Å². The van der Waals surface area contributed by atoms with Gasteiger partial charge in [-0.15, -0.1) is 0 Å². The normalized spacial score (nSPS) is 13.3. The van der Waals surface area contributed by atoms with Crippen molar-refractivity contribution < 1.29 is 23.1 Å². The summed E-state index contributed by atoms with van der Waals surface area (Å²) in [6.45, 7) is 0.0532. The molecule has 6 nitrogen and oxygen atoms in total. The first kappa shape index (κ1) is 21.1. The summed E-state index contributed by atoms with van der Waals surface area (Å²) in [5.74, 6) is 3.32. The fourth-order valence-electron chi connectivity index (χ4n) is 2.28. The third-order valence-electron chi connectivity index (χ3n) is 3.88. The van der Waals surface area contributed by atoms with E-state index in [4.69, 9.17) is 10.5 Å². The molecule has 1 unspecified atom stereocenters. The highest BCUT2D eigenvalue weighted by atomic mass is 79.9. The van der Waals surface area contributed by atoms with Crippen LogP contribution in [0.25, 0.3) is 11.1 Å². The Bertz CT molecular complexity index is 976. The van der Waals surface area contributed by atoms with E-state index in [1.165, 1.54) is 19.2 Å². The summed E-state index contributed by atoms with van der Waals surface area (Å²) in [6, 6.07) is 13.4. The van der Waals surface area contributed by atoms with E-state index in [-0.39, 0.29) is 11.5 Å². The first-order valence-corrected chi connectivity index (χ1v) is 10.1. The summed E-state index contributed by atoms with van der Waals surface area (Å²) >= 11 is 3.35. The number of halogens is 1. The summed E-state index contributed by atoms with van der Waals surface area (Å²) in [4.78, 5) is 8.89. The highest BCUT2D eigenvalue weighted by Gasteiger charge is 2.48. The fourth-order valence-corrected chi connectivity index (χ4v) is 3.95. The number of benzene rings is 2. The monoisotopic (exact) mass is 451 g/mol. The summed E-state index contributed by atoms with van der Waals surface area (Å²) in [5.41, 5.74) is 7.45. The second-order valence-corrected chi connectivity index (χ2v) is 8.82. The number of carboxylic acids is 1. The van der Waals surface area contributed by atoms with Crippen LogP contribution in [0.2, 0.25) is 0 Å². The van der Waals surface area contributed by atoms with Gasteiger partial charge in [-0.25, -0.2) is 13.2 Å². The molecule has 0 bridgehead atoms. The molecule has 3 N–H and O–H groups in total. The number of sulfone groups is 1. The Morgan fingerprint density at radius 2 is 1.63 bits per heavy atom. The standard InChI is InChI=1S/C19H18BrNO5S/c1-26-13-3-2-12-19(21,18(22)23)27(24,25)17-10-6-15(7-11-17)14-4-8-16(20)9-5-14/h4-11H,12-13,21H2,1H3,(H,22,23). The summed E-state index contributed by atoms with van der Waals surface area (Å²) in [7, 11) is -2.94. The van der Waals surface area contributed by atoms with Crippen LogP contribution in [0.5, 0.6) is 0 Å². The second-order valence-electron chi connectivity index (χ2n) is 5.69. The molecule has 0 saturated heterocycles. The quantitative estimate of drug-likeness (QED) is 0.653. The molecule has 2 aromatic carbocycles. The van der Waals surface area contributed by atoms with Gasteiger partial charge in [-0.2, -0.15) is 0 Å². The van der Waals surface area contributed by atoms with Gasteiger partial charge in [-0.1, -0.05) is 52.0 Å². The van der Waals surface area contributed by atoms with Crippen molar-refractivity contribution in [2.45, 2.75) is 16.2 Å². The molecule has 0 aliphatic heterocycles. The lowest BCUT2D eigenvalue weighted by Crippen LogP contribution is -2.54. The van der Waals surface area contributed by atoms with E-state index in [1.54, 1.807) is 12.1 Å². The predicted molar refractivity (Wildman–Crippen MR) is 106 cm³/mol. The van der Waals surface area contributed by atoms with Crippen LogP contribution in [0.15, 0.2) is 57.9 Å². The number of ether oxygens (including phenoxy) is 1. The predicted octanol–water partition coefficient (Wildman–Crippen LogP) is 2.67. The van der Waals surface area contributed by atoms with Crippen LogP contribution in [0, 0.1) is 11.8 Å².